The van der Waals surface area contributed by atoms with Gasteiger partial charge in [-0.3, -0.25) is 9.98 Å². The van der Waals surface area contributed by atoms with Crippen molar-refractivity contribution < 1.29 is 0 Å². The second-order valence-corrected chi connectivity index (χ2v) is 14.0. The summed E-state index contributed by atoms with van der Waals surface area (Å²) in [5.74, 6) is 1.07. The van der Waals surface area contributed by atoms with Gasteiger partial charge in [-0.15, -0.1) is 0 Å². The highest BCUT2D eigenvalue weighted by molar-refractivity contribution is 6.01. The fourth-order valence-electron chi connectivity index (χ4n) is 7.42. The number of fused-ring (bicyclic) bond motifs is 2. The van der Waals surface area contributed by atoms with Crippen LogP contribution in [0.2, 0.25) is 0 Å². The lowest BCUT2D eigenvalue weighted by molar-refractivity contribution is 0.540. The average molecular weight is 674 g/mol. The number of hydrogen-bond donors (Lipinski definition) is 1. The molecule has 1 aromatic rings. The van der Waals surface area contributed by atoms with Gasteiger partial charge >= 0.3 is 0 Å². The van der Waals surface area contributed by atoms with Gasteiger partial charge in [-0.25, -0.2) is 0 Å². The van der Waals surface area contributed by atoms with Gasteiger partial charge < -0.3 is 5.41 Å². The van der Waals surface area contributed by atoms with E-state index in [2.05, 4.69) is 129 Å². The van der Waals surface area contributed by atoms with Crippen molar-refractivity contribution in [2.75, 3.05) is 0 Å². The number of allylic oxidation sites excluding steroid dienone is 19. The van der Waals surface area contributed by atoms with Crippen molar-refractivity contribution in [2.24, 2.45) is 21.8 Å². The highest BCUT2D eigenvalue weighted by Gasteiger charge is 2.22. The fourth-order valence-corrected chi connectivity index (χ4v) is 7.42. The van der Waals surface area contributed by atoms with E-state index in [1.54, 1.807) is 0 Å². The Hall–Kier alpha value is -4.89. The van der Waals surface area contributed by atoms with E-state index in [9.17, 15) is 0 Å². The Balaban J connectivity index is 1.27. The van der Waals surface area contributed by atoms with Gasteiger partial charge in [-0.1, -0.05) is 161 Å². The van der Waals surface area contributed by atoms with Crippen LogP contribution in [-0.4, -0.2) is 23.7 Å². The second-order valence-electron chi connectivity index (χ2n) is 14.0. The summed E-state index contributed by atoms with van der Waals surface area (Å²) in [5, 5.41) is 7.79. The van der Waals surface area contributed by atoms with Crippen LogP contribution in [0, 0.1) is 17.2 Å². The van der Waals surface area contributed by atoms with E-state index >= 15 is 0 Å². The zero-order chi connectivity index (χ0) is 35.7. The van der Waals surface area contributed by atoms with Crippen molar-refractivity contribution in [1.29, 1.82) is 5.41 Å². The Labute approximate surface area is 307 Å². The molecule has 4 aliphatic rings. The monoisotopic (exact) mass is 673 g/mol. The van der Waals surface area contributed by atoms with E-state index in [1.165, 1.54) is 72.6 Å². The van der Waals surface area contributed by atoms with Crippen LogP contribution in [0.15, 0.2) is 173 Å². The third kappa shape index (κ3) is 11.3. The largest absolute Gasteiger partial charge is 0.309 e. The molecule has 2 bridgehead atoms. The molecular formula is C48H55N3. The topological polar surface area (TPSA) is 48.6 Å². The molecule has 1 saturated carbocycles. The van der Waals surface area contributed by atoms with E-state index in [0.717, 1.165) is 42.7 Å². The lowest BCUT2D eigenvalue weighted by atomic mass is 9.87. The Bertz CT molecular complexity index is 1750. The predicted molar refractivity (Wildman–Crippen MR) is 223 cm³/mol. The van der Waals surface area contributed by atoms with E-state index in [0.29, 0.717) is 5.92 Å². The van der Waals surface area contributed by atoms with Crippen molar-refractivity contribution in [3.63, 3.8) is 0 Å². The van der Waals surface area contributed by atoms with Crippen LogP contribution in [-0.2, 0) is 0 Å². The molecule has 0 amide bonds. The lowest BCUT2D eigenvalue weighted by Crippen LogP contribution is -2.23. The molecule has 0 spiro atoms. The Morgan fingerprint density at radius 2 is 1.80 bits per heavy atom. The van der Waals surface area contributed by atoms with Gasteiger partial charge in [-0.05, 0) is 89.5 Å². The standard InChI is InChI=1S/C48H55N3/c1-4-40(5-2)46(29-28-42(30-32-49)41-23-12-9-10-13-24-41)37(3)18-15-20-38-21-16-25-43(34-38)44-31-33-50-48(36-44)47-27-14-8-6-7-11-19-39-22-17-26-45(35-39)51-47/h4-8,11,14-17,19-22,25-26,28-34,37,41,44,47,49H,1-2,9-10,12-13,18,23-24,27,35-36H2,3H3/b7-6-,14-8-,19-11?,20-15-,29-28+,42-30+,49-32?,51-45-/t37?,44-,47+/m0/s1. The molecule has 262 valence electrons. The summed E-state index contributed by atoms with van der Waals surface area (Å²) in [6.45, 7) is 10.5. The first kappa shape index (κ1) is 37.4. The predicted octanol–water partition coefficient (Wildman–Crippen LogP) is 12.7. The van der Waals surface area contributed by atoms with Gasteiger partial charge in [0.25, 0.3) is 0 Å². The number of hydrogen-bond acceptors (Lipinski definition) is 3. The quantitative estimate of drug-likeness (QED) is 0.130. The molecule has 1 unspecified atom stereocenters. The molecule has 2 aliphatic carbocycles. The summed E-state index contributed by atoms with van der Waals surface area (Å²) in [6.07, 6.45) is 50.7. The van der Waals surface area contributed by atoms with Crippen molar-refractivity contribution >= 4 is 23.7 Å². The van der Waals surface area contributed by atoms with Crippen LogP contribution in [0.25, 0.3) is 6.08 Å². The molecule has 5 rings (SSSR count). The summed E-state index contributed by atoms with van der Waals surface area (Å²) in [4.78, 5) is 10.1. The first-order chi connectivity index (χ1) is 25.1. The van der Waals surface area contributed by atoms with E-state index in [4.69, 9.17) is 15.4 Å². The number of rotatable bonds is 12. The Morgan fingerprint density at radius 3 is 2.61 bits per heavy atom. The summed E-state index contributed by atoms with van der Waals surface area (Å²) in [5.41, 5.74) is 9.59. The molecular weight excluding hydrogens is 619 g/mol. The second kappa shape index (κ2) is 20.1. The maximum absolute atomic E-state index is 7.79. The Morgan fingerprint density at radius 1 is 0.980 bits per heavy atom. The third-order valence-corrected chi connectivity index (χ3v) is 10.3. The van der Waals surface area contributed by atoms with Crippen LogP contribution in [0.4, 0.5) is 0 Å². The summed E-state index contributed by atoms with van der Waals surface area (Å²) < 4.78 is 0. The van der Waals surface area contributed by atoms with Gasteiger partial charge in [0.2, 0.25) is 0 Å². The van der Waals surface area contributed by atoms with Crippen LogP contribution in [0.1, 0.15) is 88.2 Å². The zero-order valence-corrected chi connectivity index (χ0v) is 30.5. The molecule has 3 nitrogen and oxygen atoms in total. The number of aliphatic imine (C=N–C) groups is 2. The van der Waals surface area contributed by atoms with E-state index < -0.39 is 0 Å². The SMILES string of the molecule is C=CC(C=C)=C(/C=C/C(=C\C=N)C1CCCCCC1)C(C)C/C=C\c1cccc([C@H]2C=CN=C([C@H]3C/C=C\C=C/C=CC4=CC=C/C(=N/3)C4)C2)c1. The summed E-state index contributed by atoms with van der Waals surface area (Å²) in [6, 6.07) is 8.94. The first-order valence-electron chi connectivity index (χ1n) is 18.9. The highest BCUT2D eigenvalue weighted by Crippen LogP contribution is 2.32. The van der Waals surface area contributed by atoms with Crippen molar-refractivity contribution in [3.8, 4) is 0 Å². The number of nitrogens with one attached hydrogen (secondary N) is 1. The maximum Gasteiger partial charge on any atom is 0.0918 e. The first-order valence-corrected chi connectivity index (χ1v) is 18.9. The molecule has 3 atom stereocenters. The van der Waals surface area contributed by atoms with E-state index in [1.807, 2.05) is 24.4 Å². The molecule has 0 radical (unpaired) electrons. The van der Waals surface area contributed by atoms with Gasteiger partial charge in [-0.2, -0.15) is 0 Å². The molecule has 1 N–H and O–H groups in total. The average Bonchev–Trinajstić information content (AvgIpc) is 3.45. The molecule has 3 heteroatoms. The van der Waals surface area contributed by atoms with Gasteiger partial charge in [0, 0.05) is 36.2 Å². The summed E-state index contributed by atoms with van der Waals surface area (Å²) >= 11 is 0. The molecule has 2 heterocycles. The third-order valence-electron chi connectivity index (χ3n) is 10.3. The minimum atomic E-state index is 0.0187. The fraction of sp³-hybridized carbons (Fsp3) is 0.312. The molecule has 51 heavy (non-hydrogen) atoms. The van der Waals surface area contributed by atoms with Gasteiger partial charge in [0.15, 0.2) is 0 Å². The minimum absolute atomic E-state index is 0.0187. The van der Waals surface area contributed by atoms with Crippen molar-refractivity contribution in [2.45, 2.75) is 83.1 Å². The van der Waals surface area contributed by atoms with Crippen molar-refractivity contribution in [3.05, 3.63) is 174 Å². The lowest BCUT2D eigenvalue weighted by Gasteiger charge is -2.23. The normalized spacial score (nSPS) is 24.3. The van der Waals surface area contributed by atoms with Crippen LogP contribution >= 0.6 is 0 Å². The molecule has 0 aromatic heterocycles. The van der Waals surface area contributed by atoms with Crippen molar-refractivity contribution in [1.82, 2.24) is 0 Å². The highest BCUT2D eigenvalue weighted by atomic mass is 14.9. The molecule has 0 saturated heterocycles. The van der Waals surface area contributed by atoms with Gasteiger partial charge in [0.1, 0.15) is 0 Å². The van der Waals surface area contributed by atoms with Crippen LogP contribution < -0.4 is 0 Å². The number of nitrogens with zero attached hydrogens (tertiary/aromatic N) is 2. The minimum Gasteiger partial charge on any atom is -0.309 e. The molecule has 1 aromatic carbocycles. The van der Waals surface area contributed by atoms with E-state index in [-0.39, 0.29) is 17.9 Å². The van der Waals surface area contributed by atoms with Crippen LogP contribution in [0.5, 0.6) is 0 Å². The number of benzene rings is 1. The zero-order valence-electron chi connectivity index (χ0n) is 30.5. The van der Waals surface area contributed by atoms with Crippen LogP contribution in [0.3, 0.4) is 0 Å². The van der Waals surface area contributed by atoms with Gasteiger partial charge in [0.05, 0.1) is 6.04 Å². The molecule has 1 fully saturated rings. The summed E-state index contributed by atoms with van der Waals surface area (Å²) in [7, 11) is 0. The molecule has 2 aliphatic heterocycles. The maximum atomic E-state index is 7.79. The Kier molecular flexibility index (Phi) is 14.7. The smallest absolute Gasteiger partial charge is 0.0918 e.